The van der Waals surface area contributed by atoms with Gasteiger partial charge >= 0.3 is 0 Å². The average Bonchev–Trinajstić information content (AvgIpc) is 2.51. The normalized spacial score (nSPS) is 13.8. The van der Waals surface area contributed by atoms with Crippen molar-refractivity contribution in [1.82, 2.24) is 0 Å². The van der Waals surface area contributed by atoms with Gasteiger partial charge in [-0.2, -0.15) is 0 Å². The SMILES string of the molecule is COc1cccc(C(CN)C(O)c2ccc(Br)c(F)c2)c1. The van der Waals surface area contributed by atoms with Crippen molar-refractivity contribution in [1.29, 1.82) is 0 Å². The van der Waals surface area contributed by atoms with Crippen molar-refractivity contribution in [2.75, 3.05) is 13.7 Å². The first-order valence-corrected chi connectivity index (χ1v) is 7.33. The van der Waals surface area contributed by atoms with Crippen molar-refractivity contribution in [2.45, 2.75) is 12.0 Å². The lowest BCUT2D eigenvalue weighted by molar-refractivity contribution is 0.147. The zero-order chi connectivity index (χ0) is 15.4. The first kappa shape index (κ1) is 15.9. The maximum absolute atomic E-state index is 13.6. The molecule has 0 saturated heterocycles. The lowest BCUT2D eigenvalue weighted by Crippen LogP contribution is -2.20. The Labute approximate surface area is 131 Å². The van der Waals surface area contributed by atoms with Gasteiger partial charge in [0.1, 0.15) is 11.6 Å². The van der Waals surface area contributed by atoms with Gasteiger partial charge in [-0.3, -0.25) is 0 Å². The molecule has 3 N–H and O–H groups in total. The second-order valence-electron chi connectivity index (χ2n) is 4.74. The first-order valence-electron chi connectivity index (χ1n) is 6.54. The molecule has 0 amide bonds. The van der Waals surface area contributed by atoms with E-state index in [0.717, 1.165) is 5.56 Å². The Balaban J connectivity index is 2.32. The Morgan fingerprint density at radius 1 is 1.24 bits per heavy atom. The van der Waals surface area contributed by atoms with E-state index in [1.165, 1.54) is 6.07 Å². The molecule has 2 rings (SSSR count). The molecular weight excluding hydrogens is 337 g/mol. The number of aliphatic hydroxyl groups excluding tert-OH is 1. The Kier molecular flexibility index (Phi) is 5.33. The van der Waals surface area contributed by atoms with Crippen LogP contribution < -0.4 is 10.5 Å². The van der Waals surface area contributed by atoms with Gasteiger partial charge in [-0.05, 0) is 51.3 Å². The topological polar surface area (TPSA) is 55.5 Å². The number of nitrogens with two attached hydrogens (primary N) is 1. The minimum absolute atomic E-state index is 0.242. The standard InChI is InChI=1S/C16H17BrFNO2/c1-21-12-4-2-3-10(7-12)13(9-19)16(20)11-5-6-14(17)15(18)8-11/h2-8,13,16,20H,9,19H2,1H3. The number of halogens is 2. The molecule has 112 valence electrons. The summed E-state index contributed by atoms with van der Waals surface area (Å²) >= 11 is 3.10. The number of hydrogen-bond acceptors (Lipinski definition) is 3. The van der Waals surface area contributed by atoms with Gasteiger partial charge in [0.25, 0.3) is 0 Å². The molecule has 0 heterocycles. The molecule has 0 radical (unpaired) electrons. The van der Waals surface area contributed by atoms with Crippen molar-refractivity contribution >= 4 is 15.9 Å². The molecule has 0 spiro atoms. The van der Waals surface area contributed by atoms with Crippen LogP contribution in [0.1, 0.15) is 23.1 Å². The highest BCUT2D eigenvalue weighted by Crippen LogP contribution is 2.33. The molecule has 2 aromatic rings. The summed E-state index contributed by atoms with van der Waals surface area (Å²) < 4.78 is 19.2. The predicted octanol–water partition coefficient (Wildman–Crippen LogP) is 3.37. The second kappa shape index (κ2) is 7.02. The van der Waals surface area contributed by atoms with Crippen molar-refractivity contribution in [3.8, 4) is 5.75 Å². The van der Waals surface area contributed by atoms with Crippen LogP contribution in [-0.2, 0) is 0 Å². The summed E-state index contributed by atoms with van der Waals surface area (Å²) in [5, 5.41) is 10.5. The van der Waals surface area contributed by atoms with E-state index in [-0.39, 0.29) is 12.5 Å². The van der Waals surface area contributed by atoms with Crippen LogP contribution in [-0.4, -0.2) is 18.8 Å². The van der Waals surface area contributed by atoms with Crippen LogP contribution in [0, 0.1) is 5.82 Å². The van der Waals surface area contributed by atoms with Crippen molar-refractivity contribution in [3.05, 3.63) is 63.9 Å². The molecule has 5 heteroatoms. The van der Waals surface area contributed by atoms with Crippen LogP contribution in [0.3, 0.4) is 0 Å². The third-order valence-corrected chi connectivity index (χ3v) is 4.09. The van der Waals surface area contributed by atoms with Gasteiger partial charge in [-0.15, -0.1) is 0 Å². The van der Waals surface area contributed by atoms with Gasteiger partial charge in [0.05, 0.1) is 17.7 Å². The van der Waals surface area contributed by atoms with Gasteiger partial charge in [-0.25, -0.2) is 4.39 Å². The Morgan fingerprint density at radius 3 is 2.62 bits per heavy atom. The largest absolute Gasteiger partial charge is 0.497 e. The minimum atomic E-state index is -0.885. The molecule has 0 saturated carbocycles. The van der Waals surface area contributed by atoms with Crippen LogP contribution in [0.5, 0.6) is 5.75 Å². The van der Waals surface area contributed by atoms with Gasteiger partial charge < -0.3 is 15.6 Å². The summed E-state index contributed by atoms with van der Waals surface area (Å²) in [5.74, 6) is -0.0474. The van der Waals surface area contributed by atoms with Crippen LogP contribution in [0.15, 0.2) is 46.9 Å². The summed E-state index contributed by atoms with van der Waals surface area (Å²) in [4.78, 5) is 0. The lowest BCUT2D eigenvalue weighted by atomic mass is 9.89. The van der Waals surface area contributed by atoms with Gasteiger partial charge in [0.15, 0.2) is 0 Å². The van der Waals surface area contributed by atoms with Gasteiger partial charge in [0, 0.05) is 12.5 Å². The zero-order valence-electron chi connectivity index (χ0n) is 11.6. The minimum Gasteiger partial charge on any atom is -0.497 e. The summed E-state index contributed by atoms with van der Waals surface area (Å²) in [6.07, 6.45) is -0.885. The summed E-state index contributed by atoms with van der Waals surface area (Å²) in [7, 11) is 1.58. The number of ether oxygens (including phenoxy) is 1. The van der Waals surface area contributed by atoms with E-state index in [2.05, 4.69) is 15.9 Å². The maximum Gasteiger partial charge on any atom is 0.137 e. The molecule has 0 aliphatic rings. The molecule has 3 nitrogen and oxygen atoms in total. The van der Waals surface area contributed by atoms with E-state index < -0.39 is 11.9 Å². The molecule has 2 aromatic carbocycles. The number of rotatable bonds is 5. The quantitative estimate of drug-likeness (QED) is 0.866. The zero-order valence-corrected chi connectivity index (χ0v) is 13.2. The van der Waals surface area contributed by atoms with E-state index in [4.69, 9.17) is 10.5 Å². The van der Waals surface area contributed by atoms with Crippen molar-refractivity contribution in [2.24, 2.45) is 5.73 Å². The van der Waals surface area contributed by atoms with Gasteiger partial charge in [-0.1, -0.05) is 18.2 Å². The molecule has 0 fully saturated rings. The fraction of sp³-hybridized carbons (Fsp3) is 0.250. The van der Waals surface area contributed by atoms with E-state index in [1.807, 2.05) is 24.3 Å². The highest BCUT2D eigenvalue weighted by atomic mass is 79.9. The van der Waals surface area contributed by atoms with E-state index in [1.54, 1.807) is 19.2 Å². The Morgan fingerprint density at radius 2 is 2.00 bits per heavy atom. The summed E-state index contributed by atoms with van der Waals surface area (Å²) in [6.45, 7) is 0.242. The maximum atomic E-state index is 13.6. The number of methoxy groups -OCH3 is 1. The smallest absolute Gasteiger partial charge is 0.137 e. The Bertz CT molecular complexity index is 621. The number of benzene rings is 2. The van der Waals surface area contributed by atoms with Crippen LogP contribution in [0.25, 0.3) is 0 Å². The molecular formula is C16H17BrFNO2. The number of aliphatic hydroxyl groups is 1. The lowest BCUT2D eigenvalue weighted by Gasteiger charge is -2.23. The van der Waals surface area contributed by atoms with E-state index in [0.29, 0.717) is 15.8 Å². The highest BCUT2D eigenvalue weighted by Gasteiger charge is 2.22. The summed E-state index contributed by atoms with van der Waals surface area (Å²) in [6, 6.07) is 11.9. The first-order chi connectivity index (χ1) is 10.1. The fourth-order valence-electron chi connectivity index (χ4n) is 2.25. The predicted molar refractivity (Wildman–Crippen MR) is 83.8 cm³/mol. The number of hydrogen-bond donors (Lipinski definition) is 2. The van der Waals surface area contributed by atoms with Crippen LogP contribution in [0.2, 0.25) is 0 Å². The van der Waals surface area contributed by atoms with Crippen molar-refractivity contribution in [3.63, 3.8) is 0 Å². The van der Waals surface area contributed by atoms with Crippen LogP contribution >= 0.6 is 15.9 Å². The van der Waals surface area contributed by atoms with Crippen molar-refractivity contribution < 1.29 is 14.2 Å². The summed E-state index contributed by atoms with van der Waals surface area (Å²) in [5.41, 5.74) is 7.15. The van der Waals surface area contributed by atoms with E-state index >= 15 is 0 Å². The molecule has 21 heavy (non-hydrogen) atoms. The molecule has 0 bridgehead atoms. The fourth-order valence-corrected chi connectivity index (χ4v) is 2.49. The molecule has 2 unspecified atom stereocenters. The Hall–Kier alpha value is -1.43. The average molecular weight is 354 g/mol. The van der Waals surface area contributed by atoms with E-state index in [9.17, 15) is 9.50 Å². The third kappa shape index (κ3) is 3.61. The molecule has 0 aliphatic carbocycles. The second-order valence-corrected chi connectivity index (χ2v) is 5.59. The van der Waals surface area contributed by atoms with Crippen LogP contribution in [0.4, 0.5) is 4.39 Å². The third-order valence-electron chi connectivity index (χ3n) is 3.44. The highest BCUT2D eigenvalue weighted by molar-refractivity contribution is 9.10. The molecule has 0 aliphatic heterocycles. The molecule has 0 aromatic heterocycles. The van der Waals surface area contributed by atoms with Gasteiger partial charge in [0.2, 0.25) is 0 Å². The molecule has 2 atom stereocenters. The monoisotopic (exact) mass is 353 g/mol.